The number of amides is 1. The highest BCUT2D eigenvalue weighted by molar-refractivity contribution is 5.96. The molecular formula is C15H18N2O2. The first kappa shape index (κ1) is 12.2. The third-order valence-corrected chi connectivity index (χ3v) is 3.86. The smallest absolute Gasteiger partial charge is 0.289 e. The number of hydrogen-bond acceptors (Lipinski definition) is 3. The van der Waals surface area contributed by atoms with Crippen LogP contribution in [0.3, 0.4) is 0 Å². The van der Waals surface area contributed by atoms with Crippen molar-refractivity contribution in [3.8, 4) is 0 Å². The summed E-state index contributed by atoms with van der Waals surface area (Å²) >= 11 is 0. The van der Waals surface area contributed by atoms with E-state index in [9.17, 15) is 4.79 Å². The third-order valence-electron chi connectivity index (χ3n) is 3.86. The Labute approximate surface area is 112 Å². The maximum Gasteiger partial charge on any atom is 0.289 e. The van der Waals surface area contributed by atoms with E-state index in [1.165, 1.54) is 11.1 Å². The summed E-state index contributed by atoms with van der Waals surface area (Å²) in [6.45, 7) is 5.43. The molecule has 0 spiro atoms. The van der Waals surface area contributed by atoms with Crippen LogP contribution in [0.1, 0.15) is 28.1 Å². The lowest BCUT2D eigenvalue weighted by Crippen LogP contribution is -2.31. The summed E-state index contributed by atoms with van der Waals surface area (Å²) in [4.78, 5) is 14.1. The van der Waals surface area contributed by atoms with Gasteiger partial charge in [0.05, 0.1) is 0 Å². The molecule has 2 N–H and O–H groups in total. The van der Waals surface area contributed by atoms with E-state index in [4.69, 9.17) is 10.2 Å². The van der Waals surface area contributed by atoms with Gasteiger partial charge in [-0.15, -0.1) is 0 Å². The Hall–Kier alpha value is -1.81. The molecule has 1 fully saturated rings. The van der Waals surface area contributed by atoms with Gasteiger partial charge in [0.25, 0.3) is 5.91 Å². The minimum absolute atomic E-state index is 0.0561. The molecule has 4 heteroatoms. The molecule has 0 aliphatic carbocycles. The van der Waals surface area contributed by atoms with Crippen molar-refractivity contribution >= 4 is 16.9 Å². The van der Waals surface area contributed by atoms with E-state index in [1.807, 2.05) is 19.1 Å². The van der Waals surface area contributed by atoms with Crippen molar-refractivity contribution in [1.29, 1.82) is 0 Å². The zero-order valence-corrected chi connectivity index (χ0v) is 11.3. The van der Waals surface area contributed by atoms with Gasteiger partial charge in [-0.05, 0) is 49.6 Å². The number of carbonyl (C=O) groups excluding carboxylic acids is 1. The number of benzene rings is 1. The molecule has 2 heterocycles. The Balaban J connectivity index is 1.95. The second-order valence-corrected chi connectivity index (χ2v) is 5.38. The van der Waals surface area contributed by atoms with E-state index in [2.05, 4.69) is 13.0 Å². The monoisotopic (exact) mass is 258 g/mol. The fourth-order valence-electron chi connectivity index (χ4n) is 2.54. The molecule has 0 unspecified atom stereocenters. The van der Waals surface area contributed by atoms with Crippen molar-refractivity contribution in [2.45, 2.75) is 26.3 Å². The molecule has 1 aromatic heterocycles. The van der Waals surface area contributed by atoms with Crippen molar-refractivity contribution in [3.63, 3.8) is 0 Å². The summed E-state index contributed by atoms with van der Waals surface area (Å²) in [5, 5.41) is 0.981. The highest BCUT2D eigenvalue weighted by Crippen LogP contribution is 2.24. The van der Waals surface area contributed by atoms with Gasteiger partial charge >= 0.3 is 0 Å². The summed E-state index contributed by atoms with van der Waals surface area (Å²) in [6, 6.07) is 5.96. The SMILES string of the molecule is Cc1cc2cc(C(=O)N3CC[C@H](N)C3)oc2cc1C. The Morgan fingerprint density at radius 1 is 1.32 bits per heavy atom. The second-order valence-electron chi connectivity index (χ2n) is 5.38. The molecule has 1 saturated heterocycles. The van der Waals surface area contributed by atoms with Gasteiger partial charge in [-0.3, -0.25) is 4.79 Å². The first-order valence-corrected chi connectivity index (χ1v) is 6.60. The maximum atomic E-state index is 12.3. The van der Waals surface area contributed by atoms with Crippen LogP contribution in [0.5, 0.6) is 0 Å². The Morgan fingerprint density at radius 2 is 2.05 bits per heavy atom. The summed E-state index contributed by atoms with van der Waals surface area (Å²) < 4.78 is 5.68. The van der Waals surface area contributed by atoms with Crippen LogP contribution in [0, 0.1) is 13.8 Å². The number of aryl methyl sites for hydroxylation is 2. The first-order chi connectivity index (χ1) is 9.04. The fourth-order valence-corrected chi connectivity index (χ4v) is 2.54. The van der Waals surface area contributed by atoms with Gasteiger partial charge in [0.2, 0.25) is 0 Å². The Bertz CT molecular complexity index is 606. The van der Waals surface area contributed by atoms with Crippen LogP contribution in [0.2, 0.25) is 0 Å². The van der Waals surface area contributed by atoms with Gasteiger partial charge < -0.3 is 15.1 Å². The van der Waals surface area contributed by atoms with Crippen LogP contribution in [0.15, 0.2) is 22.6 Å². The molecule has 1 atom stereocenters. The number of rotatable bonds is 1. The van der Waals surface area contributed by atoms with E-state index in [1.54, 1.807) is 4.90 Å². The van der Waals surface area contributed by atoms with Crippen LogP contribution in [-0.2, 0) is 0 Å². The van der Waals surface area contributed by atoms with Gasteiger partial charge in [-0.1, -0.05) is 0 Å². The van der Waals surface area contributed by atoms with E-state index >= 15 is 0 Å². The molecule has 19 heavy (non-hydrogen) atoms. The van der Waals surface area contributed by atoms with Crippen molar-refractivity contribution < 1.29 is 9.21 Å². The average Bonchev–Trinajstić information content (AvgIpc) is 2.95. The summed E-state index contributed by atoms with van der Waals surface area (Å²) in [5.41, 5.74) is 8.98. The van der Waals surface area contributed by atoms with Gasteiger partial charge in [0.1, 0.15) is 5.58 Å². The van der Waals surface area contributed by atoms with E-state index in [0.29, 0.717) is 12.3 Å². The number of likely N-dealkylation sites (tertiary alicyclic amines) is 1. The highest BCUT2D eigenvalue weighted by atomic mass is 16.3. The van der Waals surface area contributed by atoms with Crippen LogP contribution in [0.4, 0.5) is 0 Å². The van der Waals surface area contributed by atoms with Crippen LogP contribution < -0.4 is 5.73 Å². The minimum Gasteiger partial charge on any atom is -0.451 e. The van der Waals surface area contributed by atoms with Gasteiger partial charge in [0, 0.05) is 24.5 Å². The largest absolute Gasteiger partial charge is 0.451 e. The number of fused-ring (bicyclic) bond motifs is 1. The maximum absolute atomic E-state index is 12.3. The zero-order valence-electron chi connectivity index (χ0n) is 11.3. The average molecular weight is 258 g/mol. The molecule has 1 aromatic carbocycles. The number of carbonyl (C=O) groups is 1. The molecule has 1 aliphatic rings. The molecule has 4 nitrogen and oxygen atoms in total. The second kappa shape index (κ2) is 4.38. The number of nitrogens with two attached hydrogens (primary N) is 1. The van der Waals surface area contributed by atoms with Crippen LogP contribution in [-0.4, -0.2) is 29.9 Å². The minimum atomic E-state index is -0.0561. The Kier molecular flexibility index (Phi) is 2.82. The zero-order chi connectivity index (χ0) is 13.6. The molecule has 0 radical (unpaired) electrons. The number of nitrogens with zero attached hydrogens (tertiary/aromatic N) is 1. The van der Waals surface area contributed by atoms with Crippen molar-refractivity contribution in [2.24, 2.45) is 5.73 Å². The van der Waals surface area contributed by atoms with E-state index in [-0.39, 0.29) is 11.9 Å². The van der Waals surface area contributed by atoms with E-state index in [0.717, 1.165) is 23.9 Å². The van der Waals surface area contributed by atoms with Crippen LogP contribution >= 0.6 is 0 Å². The fraction of sp³-hybridized carbons (Fsp3) is 0.400. The lowest BCUT2D eigenvalue weighted by atomic mass is 10.1. The molecule has 0 saturated carbocycles. The summed E-state index contributed by atoms with van der Waals surface area (Å²) in [5.74, 6) is 0.355. The molecule has 1 aliphatic heterocycles. The van der Waals surface area contributed by atoms with Gasteiger partial charge in [-0.2, -0.15) is 0 Å². The van der Waals surface area contributed by atoms with Gasteiger partial charge in [-0.25, -0.2) is 0 Å². The molecular weight excluding hydrogens is 240 g/mol. The van der Waals surface area contributed by atoms with E-state index < -0.39 is 0 Å². The molecule has 2 aromatic rings. The lowest BCUT2D eigenvalue weighted by Gasteiger charge is -2.13. The van der Waals surface area contributed by atoms with Gasteiger partial charge in [0.15, 0.2) is 5.76 Å². The quantitative estimate of drug-likeness (QED) is 0.853. The normalized spacial score (nSPS) is 19.3. The molecule has 1 amide bonds. The third kappa shape index (κ3) is 2.12. The molecule has 100 valence electrons. The number of furan rings is 1. The lowest BCUT2D eigenvalue weighted by molar-refractivity contribution is 0.0761. The highest BCUT2D eigenvalue weighted by Gasteiger charge is 2.26. The predicted molar refractivity (Wildman–Crippen MR) is 74.2 cm³/mol. The molecule has 3 rings (SSSR count). The summed E-state index contributed by atoms with van der Waals surface area (Å²) in [6.07, 6.45) is 0.865. The van der Waals surface area contributed by atoms with Crippen molar-refractivity contribution in [2.75, 3.05) is 13.1 Å². The first-order valence-electron chi connectivity index (χ1n) is 6.60. The number of hydrogen-bond donors (Lipinski definition) is 1. The topological polar surface area (TPSA) is 59.5 Å². The van der Waals surface area contributed by atoms with Crippen molar-refractivity contribution in [1.82, 2.24) is 4.90 Å². The van der Waals surface area contributed by atoms with Crippen LogP contribution in [0.25, 0.3) is 11.0 Å². The molecule has 0 bridgehead atoms. The predicted octanol–water partition coefficient (Wildman–Crippen LogP) is 2.22. The standard InChI is InChI=1S/C15H18N2O2/c1-9-5-11-7-14(19-13(11)6-10(9)2)15(18)17-4-3-12(16)8-17/h5-7,12H,3-4,8,16H2,1-2H3/t12-/m0/s1. The Morgan fingerprint density at radius 3 is 2.74 bits per heavy atom. The van der Waals surface area contributed by atoms with Crippen molar-refractivity contribution in [3.05, 3.63) is 35.1 Å². The summed E-state index contributed by atoms with van der Waals surface area (Å²) in [7, 11) is 0.